The number of anilines is 1. The average Bonchev–Trinajstić information content (AvgIpc) is 3.03. The molecule has 2 aromatic carbocycles. The number of pyridine rings is 1. The van der Waals surface area contributed by atoms with Crippen LogP contribution in [0.15, 0.2) is 77.8 Å². The maximum atomic E-state index is 3.69. The van der Waals surface area contributed by atoms with Crippen molar-refractivity contribution >= 4 is 28.5 Å². The third-order valence-electron chi connectivity index (χ3n) is 4.69. The monoisotopic (exact) mass is 360 g/mol. The molecule has 2 heterocycles. The van der Waals surface area contributed by atoms with Crippen LogP contribution in [0.1, 0.15) is 22.9 Å². The second-order valence-corrected chi connectivity index (χ2v) is 7.22. The molecule has 26 heavy (non-hydrogen) atoms. The summed E-state index contributed by atoms with van der Waals surface area (Å²) < 4.78 is 0. The van der Waals surface area contributed by atoms with E-state index in [1.165, 1.54) is 32.6 Å². The molecule has 4 aromatic rings. The van der Waals surface area contributed by atoms with Crippen molar-refractivity contribution in [2.45, 2.75) is 17.9 Å². The minimum absolute atomic E-state index is 0.0562. The Morgan fingerprint density at radius 1 is 0.962 bits per heavy atom. The summed E-state index contributed by atoms with van der Waals surface area (Å²) in [6.45, 7) is 2.15. The molecule has 4 rings (SSSR count). The van der Waals surface area contributed by atoms with Gasteiger partial charge in [0.1, 0.15) is 6.04 Å². The highest BCUT2D eigenvalue weighted by molar-refractivity contribution is 7.98. The summed E-state index contributed by atoms with van der Waals surface area (Å²) in [4.78, 5) is 8.10. The molecule has 0 saturated heterocycles. The number of thioether (sulfide) groups is 1. The van der Waals surface area contributed by atoms with Crippen molar-refractivity contribution in [2.24, 2.45) is 0 Å². The van der Waals surface area contributed by atoms with E-state index >= 15 is 0 Å². The number of benzene rings is 2. The molecule has 0 unspecified atom stereocenters. The second-order valence-electron chi connectivity index (χ2n) is 6.34. The van der Waals surface area contributed by atoms with Gasteiger partial charge in [0, 0.05) is 38.7 Å². The van der Waals surface area contributed by atoms with Crippen molar-refractivity contribution in [3.63, 3.8) is 0 Å². The highest BCUT2D eigenvalue weighted by Crippen LogP contribution is 2.34. The van der Waals surface area contributed by atoms with Crippen LogP contribution in [0.4, 0.5) is 5.82 Å². The van der Waals surface area contributed by atoms with Gasteiger partial charge < -0.3 is 4.98 Å². The summed E-state index contributed by atoms with van der Waals surface area (Å²) in [6, 6.07) is 23.4. The van der Waals surface area contributed by atoms with Gasteiger partial charge in [-0.05, 0) is 37.4 Å². The van der Waals surface area contributed by atoms with E-state index in [0.717, 1.165) is 5.82 Å². The van der Waals surface area contributed by atoms with E-state index in [1.54, 1.807) is 11.8 Å². The number of hydrogen-bond acceptors (Lipinski definition) is 2. The molecular formula is C22H22N3S+. The number of H-pyrrole nitrogens is 2. The molecule has 0 saturated carbocycles. The highest BCUT2D eigenvalue weighted by atomic mass is 32.2. The fourth-order valence-corrected chi connectivity index (χ4v) is 3.84. The summed E-state index contributed by atoms with van der Waals surface area (Å²) in [7, 11) is 0. The highest BCUT2D eigenvalue weighted by Gasteiger charge is 2.25. The van der Waals surface area contributed by atoms with Crippen LogP contribution < -0.4 is 10.3 Å². The topological polar surface area (TPSA) is 42.0 Å². The fraction of sp³-hybridized carbons (Fsp3) is 0.136. The lowest BCUT2D eigenvalue weighted by Gasteiger charge is -2.16. The second kappa shape index (κ2) is 7.26. The van der Waals surface area contributed by atoms with E-state index in [0.29, 0.717) is 0 Å². The number of aromatic nitrogens is 2. The van der Waals surface area contributed by atoms with E-state index in [9.17, 15) is 0 Å². The molecule has 0 bridgehead atoms. The van der Waals surface area contributed by atoms with Crippen LogP contribution >= 0.6 is 11.8 Å². The minimum atomic E-state index is 0.0562. The first-order valence-electron chi connectivity index (χ1n) is 8.70. The molecule has 1 atom stereocenters. The van der Waals surface area contributed by atoms with Crippen LogP contribution in [0.5, 0.6) is 0 Å². The fourth-order valence-electron chi connectivity index (χ4n) is 3.43. The zero-order valence-electron chi connectivity index (χ0n) is 14.9. The standard InChI is InChI=1S/C22H21N3S/c1-15-21(18-7-3-4-8-19(18)24-15)22(25-20-9-5-6-14-23-20)16-10-12-17(26-2)13-11-16/h3-14,22,24H,1-2H3,(H,23,25)/p+1/t22-/m1/s1. The third kappa shape index (κ3) is 3.20. The van der Waals surface area contributed by atoms with Crippen molar-refractivity contribution < 1.29 is 4.98 Å². The molecule has 0 radical (unpaired) electrons. The van der Waals surface area contributed by atoms with Crippen molar-refractivity contribution in [3.05, 3.63) is 89.7 Å². The van der Waals surface area contributed by atoms with E-state index in [1.807, 2.05) is 18.3 Å². The van der Waals surface area contributed by atoms with Crippen LogP contribution in [0, 0.1) is 6.92 Å². The van der Waals surface area contributed by atoms with E-state index in [-0.39, 0.29) is 6.04 Å². The summed E-state index contributed by atoms with van der Waals surface area (Å²) in [5, 5.41) is 4.94. The molecule has 130 valence electrons. The summed E-state index contributed by atoms with van der Waals surface area (Å²) in [6.07, 6.45) is 4.05. The van der Waals surface area contributed by atoms with Gasteiger partial charge in [0.2, 0.25) is 0 Å². The number of hydrogen-bond donors (Lipinski definition) is 2. The van der Waals surface area contributed by atoms with Gasteiger partial charge in [-0.2, -0.15) is 0 Å². The Bertz CT molecular complexity index is 1010. The molecule has 4 heteroatoms. The molecule has 3 nitrogen and oxygen atoms in total. The predicted octanol–water partition coefficient (Wildman–Crippen LogP) is 5.21. The largest absolute Gasteiger partial charge is 0.358 e. The van der Waals surface area contributed by atoms with Crippen LogP contribution in [0.3, 0.4) is 0 Å². The third-order valence-corrected chi connectivity index (χ3v) is 5.43. The summed E-state index contributed by atoms with van der Waals surface area (Å²) >= 11 is 1.76. The zero-order chi connectivity index (χ0) is 17.9. The molecule has 0 fully saturated rings. The molecule has 0 amide bonds. The Morgan fingerprint density at radius 3 is 2.46 bits per heavy atom. The lowest BCUT2D eigenvalue weighted by molar-refractivity contribution is -0.361. The van der Waals surface area contributed by atoms with Gasteiger partial charge in [-0.1, -0.05) is 36.4 Å². The first-order chi connectivity index (χ1) is 12.8. The number of fused-ring (bicyclic) bond motifs is 1. The molecule has 0 spiro atoms. The number of aromatic amines is 2. The Hall–Kier alpha value is -2.72. The number of rotatable bonds is 5. The number of nitrogens with one attached hydrogen (secondary N) is 3. The summed E-state index contributed by atoms with van der Waals surface area (Å²) in [5.41, 5.74) is 4.89. The van der Waals surface area contributed by atoms with Crippen LogP contribution in [-0.2, 0) is 0 Å². The SMILES string of the molecule is CSc1ccc([C@@H](Nc2cccc[nH+]2)c2c(C)[nH]c3ccccc23)cc1. The lowest BCUT2D eigenvalue weighted by atomic mass is 9.96. The molecule has 2 aromatic heterocycles. The maximum absolute atomic E-state index is 3.69. The first-order valence-corrected chi connectivity index (χ1v) is 9.93. The first kappa shape index (κ1) is 16.7. The van der Waals surface area contributed by atoms with Gasteiger partial charge in [-0.25, -0.2) is 4.98 Å². The Kier molecular flexibility index (Phi) is 4.67. The van der Waals surface area contributed by atoms with Gasteiger partial charge in [0.25, 0.3) is 5.82 Å². The predicted molar refractivity (Wildman–Crippen MR) is 110 cm³/mol. The molecule has 0 aliphatic carbocycles. The molecule has 0 aliphatic heterocycles. The number of para-hydroxylation sites is 1. The van der Waals surface area contributed by atoms with Crippen LogP contribution in [-0.4, -0.2) is 11.2 Å². The molecule has 3 N–H and O–H groups in total. The van der Waals surface area contributed by atoms with Crippen molar-refractivity contribution in [3.8, 4) is 0 Å². The number of aryl methyl sites for hydroxylation is 1. The minimum Gasteiger partial charge on any atom is -0.358 e. The van der Waals surface area contributed by atoms with Gasteiger partial charge in [0.05, 0.1) is 6.20 Å². The van der Waals surface area contributed by atoms with E-state index < -0.39 is 0 Å². The van der Waals surface area contributed by atoms with Crippen molar-refractivity contribution in [1.82, 2.24) is 4.98 Å². The van der Waals surface area contributed by atoms with E-state index in [2.05, 4.69) is 83.1 Å². The average molecular weight is 361 g/mol. The molecule has 0 aliphatic rings. The van der Waals surface area contributed by atoms with Crippen molar-refractivity contribution in [2.75, 3.05) is 11.6 Å². The van der Waals surface area contributed by atoms with Gasteiger partial charge in [-0.3, -0.25) is 5.32 Å². The van der Waals surface area contributed by atoms with Gasteiger partial charge in [0.15, 0.2) is 0 Å². The van der Waals surface area contributed by atoms with Gasteiger partial charge >= 0.3 is 0 Å². The Morgan fingerprint density at radius 2 is 1.73 bits per heavy atom. The quantitative estimate of drug-likeness (QED) is 0.480. The van der Waals surface area contributed by atoms with Crippen LogP contribution in [0.25, 0.3) is 10.9 Å². The van der Waals surface area contributed by atoms with Crippen LogP contribution in [0.2, 0.25) is 0 Å². The molecular weight excluding hydrogens is 338 g/mol. The lowest BCUT2D eigenvalue weighted by Crippen LogP contribution is -2.19. The normalized spacial score (nSPS) is 12.2. The summed E-state index contributed by atoms with van der Waals surface area (Å²) in [5.74, 6) is 0.996. The Balaban J connectivity index is 1.85. The Labute approximate surface area is 157 Å². The van der Waals surface area contributed by atoms with E-state index in [4.69, 9.17) is 0 Å². The zero-order valence-corrected chi connectivity index (χ0v) is 15.7. The van der Waals surface area contributed by atoms with Crippen molar-refractivity contribution in [1.29, 1.82) is 0 Å². The maximum Gasteiger partial charge on any atom is 0.272 e. The smallest absolute Gasteiger partial charge is 0.272 e. The van der Waals surface area contributed by atoms with Gasteiger partial charge in [-0.15, -0.1) is 11.8 Å².